The van der Waals surface area contributed by atoms with Crippen molar-refractivity contribution in [3.05, 3.63) is 35.9 Å². The van der Waals surface area contributed by atoms with Gasteiger partial charge in [0.2, 0.25) is 5.02 Å². The van der Waals surface area contributed by atoms with Crippen LogP contribution in [0.3, 0.4) is 0 Å². The molecule has 2 N–H and O–H groups in total. The van der Waals surface area contributed by atoms with Crippen molar-refractivity contribution in [2.45, 2.75) is 45.6 Å². The number of hydrogen-bond donors (Lipinski definition) is 1. The van der Waals surface area contributed by atoms with Crippen molar-refractivity contribution in [1.82, 2.24) is 0 Å². The summed E-state index contributed by atoms with van der Waals surface area (Å²) in [6.07, 6.45) is 0.483. The zero-order chi connectivity index (χ0) is 19.7. The first-order valence-electron chi connectivity index (χ1n) is 8.93. The van der Waals surface area contributed by atoms with Gasteiger partial charge in [0, 0.05) is 0 Å². The van der Waals surface area contributed by atoms with Gasteiger partial charge in [0.05, 0.1) is 26.4 Å². The molecule has 0 bridgehead atoms. The normalized spacial score (nSPS) is 13.1. The van der Waals surface area contributed by atoms with Gasteiger partial charge in [0.1, 0.15) is 0 Å². The van der Waals surface area contributed by atoms with Crippen LogP contribution < -0.4 is 5.73 Å². The second-order valence-corrected chi connectivity index (χ2v) is 10.5. The van der Waals surface area contributed by atoms with Crippen molar-refractivity contribution in [1.29, 1.82) is 0 Å². The molecule has 1 aromatic rings. The zero-order valence-electron chi connectivity index (χ0n) is 16.1. The highest BCUT2D eigenvalue weighted by Crippen LogP contribution is 2.76. The lowest BCUT2D eigenvalue weighted by Gasteiger charge is -2.39. The first-order chi connectivity index (χ1) is 12.3. The Hall–Kier alpha value is -0.520. The molecule has 0 heterocycles. The summed E-state index contributed by atoms with van der Waals surface area (Å²) in [5.41, 5.74) is 7.48. The van der Waals surface area contributed by atoms with E-state index in [4.69, 9.17) is 23.8 Å². The van der Waals surface area contributed by atoms with Crippen molar-refractivity contribution >= 4 is 15.2 Å². The average Bonchev–Trinajstić information content (AvgIpc) is 2.61. The van der Waals surface area contributed by atoms with Gasteiger partial charge in [0.15, 0.2) is 0 Å². The zero-order valence-corrected chi connectivity index (χ0v) is 17.8. The summed E-state index contributed by atoms with van der Waals surface area (Å²) in [5, 5.41) is -1.91. The fraction of sp³-hybridized carbons (Fsp3) is 0.647. The Bertz CT molecular complexity index is 575. The average molecular weight is 407 g/mol. The van der Waals surface area contributed by atoms with E-state index in [1.807, 2.05) is 30.3 Å². The lowest BCUT2D eigenvalue weighted by Crippen LogP contribution is -2.42. The summed E-state index contributed by atoms with van der Waals surface area (Å²) in [4.78, 5) is 0. The van der Waals surface area contributed by atoms with Crippen molar-refractivity contribution in [3.63, 3.8) is 0 Å². The van der Waals surface area contributed by atoms with Crippen LogP contribution in [-0.2, 0) is 33.6 Å². The molecule has 150 valence electrons. The molecule has 7 nitrogen and oxygen atoms in total. The van der Waals surface area contributed by atoms with Crippen molar-refractivity contribution < 1.29 is 27.2 Å². The van der Waals surface area contributed by atoms with E-state index >= 15 is 0 Å². The molecule has 9 heteroatoms. The third-order valence-electron chi connectivity index (χ3n) is 3.77. The van der Waals surface area contributed by atoms with E-state index in [-0.39, 0.29) is 32.8 Å². The molecule has 1 rings (SSSR count). The van der Waals surface area contributed by atoms with Crippen LogP contribution in [0, 0.1) is 0 Å². The topological polar surface area (TPSA) is 97.1 Å². The van der Waals surface area contributed by atoms with Gasteiger partial charge in [-0.2, -0.15) is 0 Å². The molecule has 0 saturated heterocycles. The Kier molecular flexibility index (Phi) is 9.70. The molecule has 0 radical (unpaired) electrons. The maximum Gasteiger partial charge on any atom is 0.362 e. The van der Waals surface area contributed by atoms with Crippen LogP contribution in [0.4, 0.5) is 0 Å². The fourth-order valence-electron chi connectivity index (χ4n) is 2.60. The number of rotatable bonds is 13. The van der Waals surface area contributed by atoms with Crippen molar-refractivity contribution in [2.24, 2.45) is 5.73 Å². The third-order valence-corrected chi connectivity index (χ3v) is 9.98. The van der Waals surface area contributed by atoms with Crippen LogP contribution in [0.15, 0.2) is 30.3 Å². The number of hydrogen-bond acceptors (Lipinski definition) is 7. The summed E-state index contributed by atoms with van der Waals surface area (Å²) in [6, 6.07) is 9.51. The maximum absolute atomic E-state index is 13.6. The fourth-order valence-corrected chi connectivity index (χ4v) is 7.67. The predicted molar refractivity (Wildman–Crippen MR) is 103 cm³/mol. The van der Waals surface area contributed by atoms with Crippen LogP contribution in [0.5, 0.6) is 0 Å². The molecule has 0 unspecified atom stereocenters. The van der Waals surface area contributed by atoms with E-state index in [1.165, 1.54) is 0 Å². The summed E-state index contributed by atoms with van der Waals surface area (Å²) in [5.74, 6) is 0. The summed E-state index contributed by atoms with van der Waals surface area (Å²) < 4.78 is 48.9. The van der Waals surface area contributed by atoms with Gasteiger partial charge in [-0.15, -0.1) is 0 Å². The number of nitrogens with two attached hydrogens (primary N) is 1. The van der Waals surface area contributed by atoms with Gasteiger partial charge in [-0.3, -0.25) is 9.13 Å². The second kappa shape index (κ2) is 10.7. The predicted octanol–water partition coefficient (Wildman–Crippen LogP) is 4.76. The quantitative estimate of drug-likeness (QED) is 0.471. The summed E-state index contributed by atoms with van der Waals surface area (Å²) in [7, 11) is -7.99. The molecule has 0 spiro atoms. The lowest BCUT2D eigenvalue weighted by atomic mass is 10.1. The summed E-state index contributed by atoms with van der Waals surface area (Å²) >= 11 is 0. The van der Waals surface area contributed by atoms with Gasteiger partial charge >= 0.3 is 15.2 Å². The molecule has 0 aliphatic carbocycles. The monoisotopic (exact) mass is 407 g/mol. The highest BCUT2D eigenvalue weighted by atomic mass is 31.2. The van der Waals surface area contributed by atoms with E-state index in [1.54, 1.807) is 27.7 Å². The lowest BCUT2D eigenvalue weighted by molar-refractivity contribution is 0.175. The minimum Gasteiger partial charge on any atom is -0.307 e. The molecule has 0 atom stereocenters. The molecular weight excluding hydrogens is 376 g/mol. The van der Waals surface area contributed by atoms with Crippen LogP contribution in [0.2, 0.25) is 0 Å². The maximum atomic E-state index is 13.6. The van der Waals surface area contributed by atoms with Crippen LogP contribution >= 0.6 is 15.2 Å². The molecule has 26 heavy (non-hydrogen) atoms. The first kappa shape index (κ1) is 23.5. The minimum absolute atomic E-state index is 0.0611. The molecule has 0 aliphatic rings. The highest BCUT2D eigenvalue weighted by molar-refractivity contribution is 7.74. The van der Waals surface area contributed by atoms with Gasteiger partial charge in [-0.1, -0.05) is 30.3 Å². The minimum atomic E-state index is -3.99. The second-order valence-electron chi connectivity index (χ2n) is 5.53. The molecule has 1 aromatic carbocycles. The van der Waals surface area contributed by atoms with E-state index < -0.39 is 20.2 Å². The SMILES string of the molecule is CCOP(=O)(OCC)C(N)(CCc1ccccc1)P(=O)(OCC)OCC. The van der Waals surface area contributed by atoms with Crippen LogP contribution in [0.1, 0.15) is 39.7 Å². The van der Waals surface area contributed by atoms with Gasteiger partial charge < -0.3 is 23.8 Å². The molecule has 0 fully saturated rings. The van der Waals surface area contributed by atoms with Gasteiger partial charge in [-0.05, 0) is 46.1 Å². The molecule has 0 aromatic heterocycles. The summed E-state index contributed by atoms with van der Waals surface area (Å²) in [6.45, 7) is 7.09. The van der Waals surface area contributed by atoms with Crippen molar-refractivity contribution in [3.8, 4) is 0 Å². The Balaban J connectivity index is 3.37. The van der Waals surface area contributed by atoms with E-state index in [2.05, 4.69) is 0 Å². The molecule has 0 aliphatic heterocycles. The highest BCUT2D eigenvalue weighted by Gasteiger charge is 2.62. The van der Waals surface area contributed by atoms with E-state index in [0.29, 0.717) is 6.42 Å². The molecule has 0 saturated carbocycles. The Labute approximate surface area is 156 Å². The number of aryl methyl sites for hydroxylation is 1. The Morgan fingerprint density at radius 1 is 0.808 bits per heavy atom. The number of benzene rings is 1. The van der Waals surface area contributed by atoms with Crippen molar-refractivity contribution in [2.75, 3.05) is 26.4 Å². The molecule has 0 amide bonds. The molecular formula is C17H31NO6P2. The van der Waals surface area contributed by atoms with E-state index in [9.17, 15) is 9.13 Å². The largest absolute Gasteiger partial charge is 0.362 e. The first-order valence-corrected chi connectivity index (χ1v) is 12.0. The van der Waals surface area contributed by atoms with Crippen LogP contribution in [0.25, 0.3) is 0 Å². The van der Waals surface area contributed by atoms with Crippen LogP contribution in [-0.4, -0.2) is 31.4 Å². The Morgan fingerprint density at radius 2 is 1.19 bits per heavy atom. The van der Waals surface area contributed by atoms with E-state index in [0.717, 1.165) is 5.56 Å². The Morgan fingerprint density at radius 3 is 1.54 bits per heavy atom. The third kappa shape index (κ3) is 5.26. The van der Waals surface area contributed by atoms with Gasteiger partial charge in [0.25, 0.3) is 0 Å². The standard InChI is InChI=1S/C17H31NO6P2/c1-5-21-25(19,22-6-2)17(18,26(20,23-7-3)24-8-4)15-14-16-12-10-9-11-13-16/h9-13H,5-8,14-15,18H2,1-4H3. The van der Waals surface area contributed by atoms with Gasteiger partial charge in [-0.25, -0.2) is 0 Å². The smallest absolute Gasteiger partial charge is 0.307 e.